The van der Waals surface area contributed by atoms with Crippen molar-refractivity contribution in [2.75, 3.05) is 13.1 Å². The Balaban J connectivity index is 2.38. The van der Waals surface area contributed by atoms with E-state index in [0.29, 0.717) is 25.9 Å². The molecule has 0 aliphatic carbocycles. The smallest absolute Gasteiger partial charge is 0.263 e. The molecule has 1 aromatic rings. The highest BCUT2D eigenvalue weighted by Gasteiger charge is 2.32. The SMILES string of the molecule is Cc1cc(C(=O)N2CC[C@@H](O)CC(C)(C)C2)c(=O)n(C)c1C. The minimum Gasteiger partial charge on any atom is -0.393 e. The van der Waals surface area contributed by atoms with Crippen LogP contribution < -0.4 is 5.56 Å². The molecule has 1 aliphatic heterocycles. The van der Waals surface area contributed by atoms with Gasteiger partial charge in [-0.1, -0.05) is 13.8 Å². The van der Waals surface area contributed by atoms with Crippen LogP contribution in [0.2, 0.25) is 0 Å². The van der Waals surface area contributed by atoms with Gasteiger partial charge in [-0.25, -0.2) is 0 Å². The second kappa shape index (κ2) is 5.88. The lowest BCUT2D eigenvalue weighted by Crippen LogP contribution is -2.41. The third-order valence-corrected chi connectivity index (χ3v) is 4.63. The first-order valence-electron chi connectivity index (χ1n) is 7.77. The van der Waals surface area contributed by atoms with E-state index in [2.05, 4.69) is 0 Å². The number of rotatable bonds is 1. The summed E-state index contributed by atoms with van der Waals surface area (Å²) in [5.74, 6) is -0.231. The van der Waals surface area contributed by atoms with Crippen LogP contribution in [0.1, 0.15) is 48.3 Å². The van der Waals surface area contributed by atoms with Gasteiger partial charge < -0.3 is 14.6 Å². The van der Waals surface area contributed by atoms with Crippen molar-refractivity contribution in [3.8, 4) is 0 Å². The van der Waals surface area contributed by atoms with Crippen molar-refractivity contribution in [2.45, 2.75) is 46.6 Å². The van der Waals surface area contributed by atoms with Crippen LogP contribution in [0.3, 0.4) is 0 Å². The molecule has 1 aromatic heterocycles. The quantitative estimate of drug-likeness (QED) is 0.857. The fourth-order valence-corrected chi connectivity index (χ4v) is 3.18. The maximum absolute atomic E-state index is 12.8. The van der Waals surface area contributed by atoms with Crippen LogP contribution in [-0.2, 0) is 7.05 Å². The number of aromatic nitrogens is 1. The van der Waals surface area contributed by atoms with E-state index in [9.17, 15) is 14.7 Å². The second-order valence-corrected chi connectivity index (χ2v) is 7.23. The first-order valence-corrected chi connectivity index (χ1v) is 7.77. The Bertz CT molecular complexity index is 646. The Morgan fingerprint density at radius 1 is 1.36 bits per heavy atom. The molecule has 0 bridgehead atoms. The molecule has 1 amide bonds. The van der Waals surface area contributed by atoms with Crippen molar-refractivity contribution < 1.29 is 9.90 Å². The van der Waals surface area contributed by atoms with Crippen molar-refractivity contribution >= 4 is 5.91 Å². The van der Waals surface area contributed by atoms with Gasteiger partial charge in [0, 0.05) is 25.8 Å². The summed E-state index contributed by atoms with van der Waals surface area (Å²) in [6.07, 6.45) is 0.831. The zero-order valence-corrected chi connectivity index (χ0v) is 14.1. The highest BCUT2D eigenvalue weighted by molar-refractivity contribution is 5.94. The maximum atomic E-state index is 12.8. The van der Waals surface area contributed by atoms with Crippen molar-refractivity contribution in [3.63, 3.8) is 0 Å². The number of aliphatic hydroxyl groups excluding tert-OH is 1. The number of carbonyl (C=O) groups is 1. The third-order valence-electron chi connectivity index (χ3n) is 4.63. The molecule has 5 nitrogen and oxygen atoms in total. The average Bonchev–Trinajstić information content (AvgIpc) is 2.57. The fraction of sp³-hybridized carbons (Fsp3) is 0.647. The van der Waals surface area contributed by atoms with Crippen molar-refractivity contribution in [1.29, 1.82) is 0 Å². The van der Waals surface area contributed by atoms with Crippen LogP contribution in [0.4, 0.5) is 0 Å². The van der Waals surface area contributed by atoms with E-state index in [1.54, 1.807) is 18.0 Å². The molecule has 22 heavy (non-hydrogen) atoms. The number of aryl methyl sites for hydroxylation is 1. The molecule has 1 aliphatic rings. The fourth-order valence-electron chi connectivity index (χ4n) is 3.18. The number of nitrogens with zero attached hydrogens (tertiary/aromatic N) is 2. The number of carbonyl (C=O) groups excluding carboxylic acids is 1. The highest BCUT2D eigenvalue weighted by atomic mass is 16.3. The number of pyridine rings is 1. The number of aliphatic hydroxyl groups is 1. The zero-order valence-electron chi connectivity index (χ0n) is 14.1. The number of hydrogen-bond donors (Lipinski definition) is 1. The van der Waals surface area contributed by atoms with E-state index >= 15 is 0 Å². The molecule has 5 heteroatoms. The van der Waals surface area contributed by atoms with Crippen molar-refractivity contribution in [1.82, 2.24) is 9.47 Å². The van der Waals surface area contributed by atoms with Crippen LogP contribution in [0.5, 0.6) is 0 Å². The summed E-state index contributed by atoms with van der Waals surface area (Å²) in [6, 6.07) is 1.69. The zero-order chi connectivity index (χ0) is 16.7. The van der Waals surface area contributed by atoms with Gasteiger partial charge in [0.25, 0.3) is 11.5 Å². The van der Waals surface area contributed by atoms with E-state index in [1.807, 2.05) is 27.7 Å². The largest absolute Gasteiger partial charge is 0.393 e. The molecule has 0 saturated carbocycles. The van der Waals surface area contributed by atoms with E-state index < -0.39 is 6.10 Å². The third kappa shape index (κ3) is 3.24. The first kappa shape index (κ1) is 16.7. The molecular weight excluding hydrogens is 280 g/mol. The summed E-state index contributed by atoms with van der Waals surface area (Å²) in [4.78, 5) is 26.9. The lowest BCUT2D eigenvalue weighted by atomic mass is 9.87. The van der Waals surface area contributed by atoms with E-state index in [0.717, 1.165) is 11.3 Å². The number of likely N-dealkylation sites (tertiary alicyclic amines) is 1. The van der Waals surface area contributed by atoms with Crippen LogP contribution >= 0.6 is 0 Å². The van der Waals surface area contributed by atoms with Gasteiger partial charge in [-0.05, 0) is 43.7 Å². The van der Waals surface area contributed by atoms with Crippen molar-refractivity contribution in [2.24, 2.45) is 12.5 Å². The van der Waals surface area contributed by atoms with Gasteiger partial charge in [-0.2, -0.15) is 0 Å². The van der Waals surface area contributed by atoms with E-state index in [-0.39, 0.29) is 22.4 Å². The van der Waals surface area contributed by atoms with Gasteiger partial charge in [0.15, 0.2) is 0 Å². The molecule has 0 unspecified atom stereocenters. The first-order chi connectivity index (χ1) is 10.1. The van der Waals surface area contributed by atoms with Gasteiger partial charge in [0.1, 0.15) is 5.56 Å². The van der Waals surface area contributed by atoms with Crippen molar-refractivity contribution in [3.05, 3.63) is 33.2 Å². The lowest BCUT2D eigenvalue weighted by Gasteiger charge is -2.29. The standard InChI is InChI=1S/C17H26N2O3/c1-11-8-14(15(21)18(5)12(11)2)16(22)19-7-6-13(20)9-17(3,4)10-19/h8,13,20H,6-7,9-10H2,1-5H3/t13-/m1/s1. The van der Waals surface area contributed by atoms with Crippen LogP contribution in [0.25, 0.3) is 0 Å². The number of hydrogen-bond acceptors (Lipinski definition) is 3. The number of amides is 1. The van der Waals surface area contributed by atoms with Crippen LogP contribution in [0.15, 0.2) is 10.9 Å². The molecular formula is C17H26N2O3. The summed E-state index contributed by atoms with van der Waals surface area (Å²) in [5, 5.41) is 9.97. The molecule has 2 heterocycles. The van der Waals surface area contributed by atoms with Gasteiger partial charge in [-0.3, -0.25) is 9.59 Å². The van der Waals surface area contributed by atoms with Gasteiger partial charge in [0.2, 0.25) is 0 Å². The Labute approximate surface area is 131 Å². The van der Waals surface area contributed by atoms with Gasteiger partial charge >= 0.3 is 0 Å². The lowest BCUT2D eigenvalue weighted by molar-refractivity contribution is 0.0702. The van der Waals surface area contributed by atoms with Gasteiger partial charge in [0.05, 0.1) is 6.10 Å². The summed E-state index contributed by atoms with van der Waals surface area (Å²) < 4.78 is 1.53. The minimum absolute atomic E-state index is 0.156. The predicted molar refractivity (Wildman–Crippen MR) is 86.1 cm³/mol. The highest BCUT2D eigenvalue weighted by Crippen LogP contribution is 2.28. The Kier molecular flexibility index (Phi) is 4.47. The summed E-state index contributed by atoms with van der Waals surface area (Å²) in [7, 11) is 1.69. The summed E-state index contributed by atoms with van der Waals surface area (Å²) >= 11 is 0. The van der Waals surface area contributed by atoms with Crippen LogP contribution in [-0.4, -0.2) is 39.7 Å². The van der Waals surface area contributed by atoms with E-state index in [1.165, 1.54) is 4.57 Å². The maximum Gasteiger partial charge on any atom is 0.263 e. The summed E-state index contributed by atoms with van der Waals surface area (Å²) in [5.41, 5.74) is 1.61. The molecule has 0 radical (unpaired) electrons. The molecule has 1 atom stereocenters. The molecule has 1 fully saturated rings. The Morgan fingerprint density at radius 2 is 2.00 bits per heavy atom. The Morgan fingerprint density at radius 3 is 2.64 bits per heavy atom. The minimum atomic E-state index is -0.393. The average molecular weight is 306 g/mol. The second-order valence-electron chi connectivity index (χ2n) is 7.23. The topological polar surface area (TPSA) is 62.5 Å². The molecule has 0 spiro atoms. The molecule has 122 valence electrons. The normalized spacial score (nSPS) is 21.5. The molecule has 1 N–H and O–H groups in total. The molecule has 0 aromatic carbocycles. The predicted octanol–water partition coefficient (Wildman–Crippen LogP) is 1.63. The van der Waals surface area contributed by atoms with Gasteiger partial charge in [-0.15, -0.1) is 0 Å². The molecule has 1 saturated heterocycles. The van der Waals surface area contributed by atoms with Crippen LogP contribution in [0, 0.1) is 19.3 Å². The monoisotopic (exact) mass is 306 g/mol. The van der Waals surface area contributed by atoms with E-state index in [4.69, 9.17) is 0 Å². The molecule has 2 rings (SSSR count). The Hall–Kier alpha value is -1.62. The summed E-state index contributed by atoms with van der Waals surface area (Å²) in [6.45, 7) is 8.90.